The topological polar surface area (TPSA) is 69.8 Å². The van der Waals surface area contributed by atoms with Gasteiger partial charge < -0.3 is 19.6 Å². The number of aliphatic imine (C=N–C) groups is 1. The van der Waals surface area contributed by atoms with Gasteiger partial charge in [-0.3, -0.25) is 4.99 Å². The molecule has 0 bridgehead atoms. The van der Waals surface area contributed by atoms with Crippen molar-refractivity contribution in [3.8, 4) is 0 Å². The van der Waals surface area contributed by atoms with Crippen molar-refractivity contribution in [1.29, 1.82) is 0 Å². The molecule has 1 aromatic heterocycles. The number of halogens is 2. The van der Waals surface area contributed by atoms with E-state index in [2.05, 4.69) is 44.1 Å². The van der Waals surface area contributed by atoms with Crippen molar-refractivity contribution in [2.24, 2.45) is 4.99 Å². The summed E-state index contributed by atoms with van der Waals surface area (Å²) in [6.45, 7) is 8.41. The molecule has 1 fully saturated rings. The fourth-order valence-electron chi connectivity index (χ4n) is 3.20. The molecule has 29 heavy (non-hydrogen) atoms. The molecule has 1 N–H and O–H groups in total. The smallest absolute Gasteiger partial charge is 0.226 e. The highest BCUT2D eigenvalue weighted by Crippen LogP contribution is 2.17. The fraction of sp³-hybridized carbons (Fsp3) is 0.550. The lowest BCUT2D eigenvalue weighted by molar-refractivity contribution is 0.363. The maximum Gasteiger partial charge on any atom is 0.226 e. The van der Waals surface area contributed by atoms with Crippen molar-refractivity contribution >= 4 is 35.6 Å². The Labute approximate surface area is 188 Å². The molecule has 0 spiro atoms. The van der Waals surface area contributed by atoms with Crippen molar-refractivity contribution in [2.75, 3.05) is 44.7 Å². The van der Waals surface area contributed by atoms with Gasteiger partial charge in [0.1, 0.15) is 5.82 Å². The number of benzene rings is 1. The largest absolute Gasteiger partial charge is 0.368 e. The third-order valence-electron chi connectivity index (χ3n) is 4.83. The molecule has 7 nitrogen and oxygen atoms in total. The van der Waals surface area contributed by atoms with Gasteiger partial charge in [-0.15, -0.1) is 24.0 Å². The zero-order chi connectivity index (χ0) is 19.9. The Morgan fingerprint density at radius 2 is 1.90 bits per heavy atom. The van der Waals surface area contributed by atoms with Gasteiger partial charge in [-0.1, -0.05) is 19.0 Å². The Bertz CT molecular complexity index is 772. The normalized spacial score (nSPS) is 14.9. The molecular formula is C20H30FIN6O. The summed E-state index contributed by atoms with van der Waals surface area (Å²) in [7, 11) is 1.81. The van der Waals surface area contributed by atoms with Crippen LogP contribution < -0.4 is 10.2 Å². The van der Waals surface area contributed by atoms with Crippen LogP contribution in [-0.4, -0.2) is 60.8 Å². The molecule has 3 rings (SSSR count). The Morgan fingerprint density at radius 3 is 2.48 bits per heavy atom. The summed E-state index contributed by atoms with van der Waals surface area (Å²) in [5.74, 6) is 2.44. The monoisotopic (exact) mass is 516 g/mol. The predicted octanol–water partition coefficient (Wildman–Crippen LogP) is 3.28. The SMILES string of the molecule is CN=C(NCCCc1nc(C(C)C)no1)N1CCN(c2ccc(F)cc2)CC1.I. The van der Waals surface area contributed by atoms with E-state index in [-0.39, 0.29) is 35.7 Å². The lowest BCUT2D eigenvalue weighted by atomic mass is 10.2. The van der Waals surface area contributed by atoms with Crippen LogP contribution in [0, 0.1) is 5.82 Å². The summed E-state index contributed by atoms with van der Waals surface area (Å²) in [6, 6.07) is 6.69. The van der Waals surface area contributed by atoms with Crippen molar-refractivity contribution in [1.82, 2.24) is 20.4 Å². The average Bonchev–Trinajstić information content (AvgIpc) is 3.18. The van der Waals surface area contributed by atoms with E-state index in [0.29, 0.717) is 5.89 Å². The third kappa shape index (κ3) is 6.55. The minimum Gasteiger partial charge on any atom is -0.368 e. The van der Waals surface area contributed by atoms with E-state index in [9.17, 15) is 4.39 Å². The zero-order valence-corrected chi connectivity index (χ0v) is 19.6. The lowest BCUT2D eigenvalue weighted by Crippen LogP contribution is -2.52. The van der Waals surface area contributed by atoms with Gasteiger partial charge in [0.15, 0.2) is 11.8 Å². The molecule has 0 saturated carbocycles. The number of piperazine rings is 1. The molecule has 0 unspecified atom stereocenters. The first-order valence-corrected chi connectivity index (χ1v) is 9.85. The van der Waals surface area contributed by atoms with E-state index in [0.717, 1.165) is 63.0 Å². The first-order chi connectivity index (χ1) is 13.6. The molecule has 9 heteroatoms. The highest BCUT2D eigenvalue weighted by Gasteiger charge is 2.19. The van der Waals surface area contributed by atoms with Crippen molar-refractivity contribution in [3.05, 3.63) is 41.8 Å². The Kier molecular flexibility index (Phi) is 9.12. The molecule has 1 aliphatic heterocycles. The second-order valence-corrected chi connectivity index (χ2v) is 7.23. The number of guanidine groups is 1. The number of anilines is 1. The molecule has 1 aliphatic rings. The number of nitrogens with zero attached hydrogens (tertiary/aromatic N) is 5. The summed E-state index contributed by atoms with van der Waals surface area (Å²) >= 11 is 0. The molecular weight excluding hydrogens is 486 g/mol. The molecule has 1 saturated heterocycles. The number of hydrogen-bond donors (Lipinski definition) is 1. The number of hydrogen-bond acceptors (Lipinski definition) is 5. The van der Waals surface area contributed by atoms with Gasteiger partial charge in [0.25, 0.3) is 0 Å². The Hall–Kier alpha value is -1.91. The van der Waals surface area contributed by atoms with Crippen LogP contribution in [0.25, 0.3) is 0 Å². The van der Waals surface area contributed by atoms with Gasteiger partial charge in [-0.05, 0) is 30.7 Å². The highest BCUT2D eigenvalue weighted by atomic mass is 127. The van der Waals surface area contributed by atoms with E-state index in [1.54, 1.807) is 0 Å². The van der Waals surface area contributed by atoms with Crippen LogP contribution >= 0.6 is 24.0 Å². The fourth-order valence-corrected chi connectivity index (χ4v) is 3.20. The van der Waals surface area contributed by atoms with Gasteiger partial charge in [0.2, 0.25) is 5.89 Å². The minimum atomic E-state index is -0.201. The van der Waals surface area contributed by atoms with Crippen LogP contribution in [0.3, 0.4) is 0 Å². The van der Waals surface area contributed by atoms with Crippen molar-refractivity contribution < 1.29 is 8.91 Å². The third-order valence-corrected chi connectivity index (χ3v) is 4.83. The lowest BCUT2D eigenvalue weighted by Gasteiger charge is -2.37. The number of rotatable bonds is 6. The van der Waals surface area contributed by atoms with Crippen molar-refractivity contribution in [2.45, 2.75) is 32.6 Å². The van der Waals surface area contributed by atoms with Crippen molar-refractivity contribution in [3.63, 3.8) is 0 Å². The van der Waals surface area contributed by atoms with Crippen LogP contribution in [0.2, 0.25) is 0 Å². The van der Waals surface area contributed by atoms with Crippen LogP contribution in [0.15, 0.2) is 33.8 Å². The molecule has 1 aromatic carbocycles. The van der Waals surface area contributed by atoms with E-state index < -0.39 is 0 Å². The summed E-state index contributed by atoms with van der Waals surface area (Å²) in [4.78, 5) is 13.3. The number of aryl methyl sites for hydroxylation is 1. The maximum atomic E-state index is 13.1. The molecule has 0 amide bonds. The minimum absolute atomic E-state index is 0. The summed E-state index contributed by atoms with van der Waals surface area (Å²) < 4.78 is 18.4. The van der Waals surface area contributed by atoms with Gasteiger partial charge in [0, 0.05) is 57.8 Å². The van der Waals surface area contributed by atoms with Crippen LogP contribution in [0.1, 0.15) is 37.9 Å². The van der Waals surface area contributed by atoms with E-state index >= 15 is 0 Å². The second-order valence-electron chi connectivity index (χ2n) is 7.23. The maximum absolute atomic E-state index is 13.1. The molecule has 0 aliphatic carbocycles. The predicted molar refractivity (Wildman–Crippen MR) is 124 cm³/mol. The van der Waals surface area contributed by atoms with Crippen LogP contribution in [0.5, 0.6) is 0 Å². The molecule has 160 valence electrons. The quantitative estimate of drug-likeness (QED) is 0.275. The summed E-state index contributed by atoms with van der Waals surface area (Å²) in [5, 5.41) is 7.41. The van der Waals surface area contributed by atoms with Gasteiger partial charge in [-0.25, -0.2) is 4.39 Å². The Balaban J connectivity index is 0.00000300. The average molecular weight is 516 g/mol. The first kappa shape index (κ1) is 23.4. The second kappa shape index (κ2) is 11.3. The number of aromatic nitrogens is 2. The van der Waals surface area contributed by atoms with Crippen LogP contribution in [-0.2, 0) is 6.42 Å². The highest BCUT2D eigenvalue weighted by molar-refractivity contribution is 14.0. The van der Waals surface area contributed by atoms with Gasteiger partial charge in [-0.2, -0.15) is 4.98 Å². The van der Waals surface area contributed by atoms with E-state index in [1.165, 1.54) is 12.1 Å². The standard InChI is InChI=1S/C20H29FN6O.HI/c1-15(2)19-24-18(28-25-19)5-4-10-23-20(22-3)27-13-11-26(12-14-27)17-8-6-16(21)7-9-17;/h6-9,15H,4-5,10-14H2,1-3H3,(H,22,23);1H. The number of nitrogens with one attached hydrogen (secondary N) is 1. The first-order valence-electron chi connectivity index (χ1n) is 9.85. The van der Waals surface area contributed by atoms with Crippen LogP contribution in [0.4, 0.5) is 10.1 Å². The van der Waals surface area contributed by atoms with E-state index in [4.69, 9.17) is 4.52 Å². The van der Waals surface area contributed by atoms with Gasteiger partial charge in [0.05, 0.1) is 0 Å². The summed E-state index contributed by atoms with van der Waals surface area (Å²) in [6.07, 6.45) is 1.65. The summed E-state index contributed by atoms with van der Waals surface area (Å²) in [5.41, 5.74) is 1.06. The molecule has 0 radical (unpaired) electrons. The van der Waals surface area contributed by atoms with Gasteiger partial charge >= 0.3 is 0 Å². The molecule has 2 aromatic rings. The van der Waals surface area contributed by atoms with E-state index in [1.807, 2.05) is 19.2 Å². The molecule has 0 atom stereocenters. The Morgan fingerprint density at radius 1 is 1.21 bits per heavy atom. The zero-order valence-electron chi connectivity index (χ0n) is 17.3. The molecule has 2 heterocycles.